The molecule has 0 N–H and O–H groups in total. The van der Waals surface area contributed by atoms with Crippen LogP contribution in [0, 0.1) is 11.5 Å². The van der Waals surface area contributed by atoms with E-state index >= 15 is 0 Å². The lowest BCUT2D eigenvalue weighted by Gasteiger charge is -2.23. The highest BCUT2D eigenvalue weighted by Gasteiger charge is 2.04. The second-order valence-electron chi connectivity index (χ2n) is 3.99. The lowest BCUT2D eigenvalue weighted by molar-refractivity contribution is -0.890. The molecule has 0 heterocycles. The van der Waals surface area contributed by atoms with Gasteiger partial charge in [-0.05, 0) is 6.42 Å². The number of aliphatic imine (C=N–C) groups is 1. The molecule has 0 spiro atoms. The lowest BCUT2D eigenvalue weighted by atomic mass is 10.4. The first kappa shape index (κ1) is 16.2. The Morgan fingerprint density at radius 1 is 1.40 bits per heavy atom. The molecule has 0 atom stereocenters. The van der Waals surface area contributed by atoms with Crippen LogP contribution < -0.4 is 0 Å². The van der Waals surface area contributed by atoms with Gasteiger partial charge >= 0.3 is 0 Å². The summed E-state index contributed by atoms with van der Waals surface area (Å²) in [4.78, 5) is 2.58. The Hall–Kier alpha value is -1.21. The highest BCUT2D eigenvalue weighted by molar-refractivity contribution is 5.46. The summed E-state index contributed by atoms with van der Waals surface area (Å²) in [5.74, 6) is 0. The Bertz CT molecular complexity index is 221. The van der Waals surface area contributed by atoms with E-state index < -0.39 is 0 Å². The molecule has 0 rings (SSSR count). The van der Waals surface area contributed by atoms with Crippen molar-refractivity contribution in [1.82, 2.24) is 0 Å². The summed E-state index contributed by atoms with van der Waals surface area (Å²) >= 11 is 0. The van der Waals surface area contributed by atoms with Crippen LogP contribution in [0.15, 0.2) is 4.99 Å². The van der Waals surface area contributed by atoms with Gasteiger partial charge in [-0.1, -0.05) is 13.3 Å². The van der Waals surface area contributed by atoms with E-state index in [9.17, 15) is 0 Å². The van der Waals surface area contributed by atoms with Crippen LogP contribution in [-0.2, 0) is 4.74 Å². The van der Waals surface area contributed by atoms with Crippen molar-refractivity contribution in [3.05, 3.63) is 5.41 Å². The van der Waals surface area contributed by atoms with E-state index in [1.165, 1.54) is 25.0 Å². The SMILES string of the molecule is CCCCOC[N+](C)(C)C.N#CN=C=[N-]. The van der Waals surface area contributed by atoms with Gasteiger partial charge in [0.15, 0.2) is 6.73 Å². The molecule has 0 aromatic rings. The van der Waals surface area contributed by atoms with E-state index in [0.29, 0.717) is 0 Å². The zero-order valence-corrected chi connectivity index (χ0v) is 10.0. The molecule has 86 valence electrons. The van der Waals surface area contributed by atoms with Gasteiger partial charge in [0.25, 0.3) is 0 Å². The molecule has 0 aliphatic carbocycles. The Kier molecular flexibility index (Phi) is 11.8. The Morgan fingerprint density at radius 2 is 2.00 bits per heavy atom. The fourth-order valence-electron chi connectivity index (χ4n) is 0.607. The van der Waals surface area contributed by atoms with Gasteiger partial charge in [0.1, 0.15) is 0 Å². The van der Waals surface area contributed by atoms with Gasteiger partial charge < -0.3 is 19.6 Å². The number of nitriles is 1. The molecule has 0 saturated heterocycles. The fourth-order valence-corrected chi connectivity index (χ4v) is 0.607. The predicted octanol–water partition coefficient (Wildman–Crippen LogP) is 1.68. The molecule has 0 radical (unpaired) electrons. The smallest absolute Gasteiger partial charge is 0.182 e. The molecule has 0 aliphatic heterocycles. The van der Waals surface area contributed by atoms with E-state index in [1.54, 1.807) is 0 Å². The zero-order valence-electron chi connectivity index (χ0n) is 10.0. The standard InChI is InChI=1S/C8H20NO.C2N3/c1-5-6-7-10-8-9(2,3)4;3-1-5-2-4/h5-8H2,1-4H3;/q+1;-1. The van der Waals surface area contributed by atoms with E-state index in [0.717, 1.165) is 17.8 Å². The van der Waals surface area contributed by atoms with Crippen molar-refractivity contribution in [2.24, 2.45) is 4.99 Å². The quantitative estimate of drug-likeness (QED) is 0.229. The number of hydrogen-bond donors (Lipinski definition) is 0. The van der Waals surface area contributed by atoms with Crippen molar-refractivity contribution in [3.8, 4) is 6.19 Å². The molecule has 0 fully saturated rings. The average Bonchev–Trinajstić information content (AvgIpc) is 2.13. The van der Waals surface area contributed by atoms with Gasteiger partial charge in [-0.25, -0.2) is 0 Å². The molecule has 0 bridgehead atoms. The molecule has 0 aromatic heterocycles. The molecule has 15 heavy (non-hydrogen) atoms. The fraction of sp³-hybridized carbons (Fsp3) is 0.800. The van der Waals surface area contributed by atoms with Gasteiger partial charge in [-0.2, -0.15) is 5.26 Å². The third-order valence-corrected chi connectivity index (χ3v) is 1.22. The molecular formula is C10H20N4O. The van der Waals surface area contributed by atoms with E-state index in [-0.39, 0.29) is 0 Å². The minimum atomic E-state index is 0.819. The van der Waals surface area contributed by atoms with Gasteiger partial charge in [0.2, 0.25) is 0 Å². The highest BCUT2D eigenvalue weighted by Crippen LogP contribution is 1.93. The van der Waals surface area contributed by atoms with Crippen LogP contribution in [0.4, 0.5) is 0 Å². The van der Waals surface area contributed by atoms with Gasteiger partial charge in [0, 0.05) is 0 Å². The number of nitrogens with zero attached hydrogens (tertiary/aromatic N) is 4. The van der Waals surface area contributed by atoms with Crippen LogP contribution in [0.5, 0.6) is 0 Å². The molecule has 0 amide bonds. The summed E-state index contributed by atoms with van der Waals surface area (Å²) in [6, 6.07) is 1.28. The summed E-state index contributed by atoms with van der Waals surface area (Å²) in [5.41, 5.74) is 0. The summed E-state index contributed by atoms with van der Waals surface area (Å²) < 4.78 is 6.30. The van der Waals surface area contributed by atoms with Crippen LogP contribution in [0.3, 0.4) is 0 Å². The van der Waals surface area contributed by atoms with Crippen molar-refractivity contribution >= 4 is 6.01 Å². The van der Waals surface area contributed by atoms with Crippen LogP contribution in [-0.4, -0.2) is 45.0 Å². The Balaban J connectivity index is 0. The molecule has 5 nitrogen and oxygen atoms in total. The summed E-state index contributed by atoms with van der Waals surface area (Å²) in [5, 5.41) is 14.9. The van der Waals surface area contributed by atoms with Crippen molar-refractivity contribution in [1.29, 1.82) is 5.26 Å². The largest absolute Gasteiger partial charge is 0.422 e. The van der Waals surface area contributed by atoms with Gasteiger partial charge in [-0.15, -0.1) is 6.01 Å². The van der Waals surface area contributed by atoms with Crippen molar-refractivity contribution in [3.63, 3.8) is 0 Å². The summed E-state index contributed by atoms with van der Waals surface area (Å²) in [7, 11) is 6.39. The van der Waals surface area contributed by atoms with Gasteiger partial charge in [-0.3, -0.25) is 0 Å². The number of unbranched alkanes of at least 4 members (excludes halogenated alkanes) is 1. The number of rotatable bonds is 5. The predicted molar refractivity (Wildman–Crippen MR) is 60.2 cm³/mol. The molecule has 0 unspecified atom stereocenters. The number of hydrogen-bond acceptors (Lipinski definition) is 3. The van der Waals surface area contributed by atoms with E-state index in [4.69, 9.17) is 15.4 Å². The first-order valence-electron chi connectivity index (χ1n) is 4.84. The van der Waals surface area contributed by atoms with Crippen LogP contribution in [0.25, 0.3) is 5.41 Å². The zero-order chi connectivity index (χ0) is 12.2. The summed E-state index contributed by atoms with van der Waals surface area (Å²) in [6.07, 6.45) is 3.68. The van der Waals surface area contributed by atoms with E-state index in [1.807, 2.05) is 0 Å². The Labute approximate surface area is 92.1 Å². The second kappa shape index (κ2) is 10.9. The molecule has 0 aliphatic rings. The topological polar surface area (TPSA) is 67.7 Å². The van der Waals surface area contributed by atoms with Crippen molar-refractivity contribution in [2.75, 3.05) is 34.5 Å². The maximum absolute atomic E-state index is 7.43. The second-order valence-corrected chi connectivity index (χ2v) is 3.99. The third-order valence-electron chi connectivity index (χ3n) is 1.22. The normalized spacial score (nSPS) is 9.27. The third kappa shape index (κ3) is 24.5. The van der Waals surface area contributed by atoms with Gasteiger partial charge in [0.05, 0.1) is 33.9 Å². The average molecular weight is 212 g/mol. The molecular weight excluding hydrogens is 192 g/mol. The maximum atomic E-state index is 7.43. The van der Waals surface area contributed by atoms with Crippen LogP contribution in [0.1, 0.15) is 19.8 Å². The lowest BCUT2D eigenvalue weighted by Crippen LogP contribution is -2.36. The van der Waals surface area contributed by atoms with Crippen LogP contribution >= 0.6 is 0 Å². The minimum Gasteiger partial charge on any atom is -0.422 e. The molecule has 0 saturated carbocycles. The van der Waals surface area contributed by atoms with Crippen LogP contribution in [0.2, 0.25) is 0 Å². The van der Waals surface area contributed by atoms with Crippen molar-refractivity contribution < 1.29 is 9.22 Å². The minimum absolute atomic E-state index is 0.819. The molecule has 0 aromatic carbocycles. The molecule has 5 heteroatoms. The first-order valence-corrected chi connectivity index (χ1v) is 4.84. The Morgan fingerprint density at radius 3 is 2.27 bits per heavy atom. The van der Waals surface area contributed by atoms with Crippen molar-refractivity contribution in [2.45, 2.75) is 19.8 Å². The first-order chi connectivity index (χ1) is 6.97. The number of quaternary nitrogens is 1. The highest BCUT2D eigenvalue weighted by atomic mass is 16.5. The summed E-state index contributed by atoms with van der Waals surface area (Å²) in [6.45, 7) is 3.90. The van der Waals surface area contributed by atoms with E-state index in [2.05, 4.69) is 33.1 Å². The number of ether oxygens (including phenoxy) is 1. The monoisotopic (exact) mass is 212 g/mol. The maximum Gasteiger partial charge on any atom is 0.182 e.